The van der Waals surface area contributed by atoms with Gasteiger partial charge in [0.2, 0.25) is 5.91 Å². The summed E-state index contributed by atoms with van der Waals surface area (Å²) in [5.41, 5.74) is 7.44. The lowest BCUT2D eigenvalue weighted by molar-refractivity contribution is -0.135. The molecule has 3 N–H and O–H groups in total. The van der Waals surface area contributed by atoms with Gasteiger partial charge in [-0.3, -0.25) is 14.7 Å². The van der Waals surface area contributed by atoms with Crippen molar-refractivity contribution in [1.82, 2.24) is 20.0 Å². The number of hydrogen-bond donors (Lipinski definition) is 2. The molecule has 0 radical (unpaired) electrons. The van der Waals surface area contributed by atoms with Crippen molar-refractivity contribution in [3.8, 4) is 0 Å². The molecule has 116 valence electrons. The summed E-state index contributed by atoms with van der Waals surface area (Å²) in [6, 6.07) is 0. The Hall–Kier alpha value is -2.05. The van der Waals surface area contributed by atoms with E-state index >= 15 is 0 Å². The van der Waals surface area contributed by atoms with Crippen molar-refractivity contribution in [2.75, 3.05) is 31.9 Å². The number of aromatic nitrogens is 2. The number of piperazine rings is 1. The number of nitrogen functional groups attached to an aromatic ring is 1. The van der Waals surface area contributed by atoms with Crippen molar-refractivity contribution in [3.05, 3.63) is 11.4 Å². The molecule has 2 rings (SSSR count). The predicted octanol–water partition coefficient (Wildman–Crippen LogP) is 0.495. The van der Waals surface area contributed by atoms with Crippen LogP contribution in [0.25, 0.3) is 0 Å². The molecule has 1 aliphatic heterocycles. The number of hydrogen-bond acceptors (Lipinski definition) is 4. The minimum absolute atomic E-state index is 0.0126. The quantitative estimate of drug-likeness (QED) is 0.848. The Morgan fingerprint density at radius 2 is 1.81 bits per heavy atom. The fraction of sp³-hybridized carbons (Fsp3) is 0.643. The van der Waals surface area contributed by atoms with Gasteiger partial charge in [-0.05, 0) is 6.42 Å². The van der Waals surface area contributed by atoms with E-state index in [0.717, 1.165) is 5.69 Å². The summed E-state index contributed by atoms with van der Waals surface area (Å²) in [5.74, 6) is -0.0453. The van der Waals surface area contributed by atoms with Gasteiger partial charge in [-0.1, -0.05) is 20.8 Å². The Balaban J connectivity index is 2.00. The lowest BCUT2D eigenvalue weighted by Crippen LogP contribution is -2.51. The zero-order chi connectivity index (χ0) is 15.6. The van der Waals surface area contributed by atoms with Gasteiger partial charge in [-0.25, -0.2) is 0 Å². The average molecular weight is 293 g/mol. The van der Waals surface area contributed by atoms with Crippen LogP contribution in [0.4, 0.5) is 5.69 Å². The minimum atomic E-state index is -0.167. The molecule has 0 aliphatic carbocycles. The second-order valence-electron chi connectivity index (χ2n) is 5.59. The van der Waals surface area contributed by atoms with Crippen molar-refractivity contribution in [2.45, 2.75) is 27.2 Å². The van der Waals surface area contributed by atoms with Crippen LogP contribution in [0.15, 0.2) is 0 Å². The molecule has 1 aromatic heterocycles. The zero-order valence-corrected chi connectivity index (χ0v) is 12.8. The number of rotatable bonds is 3. The molecule has 1 aliphatic rings. The minimum Gasteiger partial charge on any atom is -0.395 e. The number of nitrogens with one attached hydrogen (secondary N) is 1. The Morgan fingerprint density at radius 1 is 1.24 bits per heavy atom. The number of carbonyl (C=O) groups excluding carboxylic acids is 2. The van der Waals surface area contributed by atoms with E-state index < -0.39 is 0 Å². The van der Waals surface area contributed by atoms with Gasteiger partial charge < -0.3 is 15.5 Å². The fourth-order valence-electron chi connectivity index (χ4n) is 2.46. The summed E-state index contributed by atoms with van der Waals surface area (Å²) in [5, 5.41) is 6.82. The number of carbonyl (C=O) groups is 2. The molecular weight excluding hydrogens is 270 g/mol. The molecule has 0 atom stereocenters. The molecule has 2 amide bonds. The Kier molecular flexibility index (Phi) is 4.50. The van der Waals surface area contributed by atoms with E-state index in [0.29, 0.717) is 38.3 Å². The third-order valence-electron chi connectivity index (χ3n) is 3.81. The third kappa shape index (κ3) is 3.01. The molecule has 2 heterocycles. The van der Waals surface area contributed by atoms with Gasteiger partial charge in [0.25, 0.3) is 5.91 Å². The summed E-state index contributed by atoms with van der Waals surface area (Å²) >= 11 is 0. The van der Waals surface area contributed by atoms with E-state index in [1.165, 1.54) is 0 Å². The molecular formula is C14H23N5O2. The first-order chi connectivity index (χ1) is 9.95. The van der Waals surface area contributed by atoms with Gasteiger partial charge in [-0.2, -0.15) is 5.10 Å². The van der Waals surface area contributed by atoms with E-state index in [-0.39, 0.29) is 23.4 Å². The van der Waals surface area contributed by atoms with Crippen molar-refractivity contribution < 1.29 is 9.59 Å². The number of amides is 2. The van der Waals surface area contributed by atoms with Gasteiger partial charge in [0.05, 0.1) is 11.4 Å². The highest BCUT2D eigenvalue weighted by Crippen LogP contribution is 2.17. The van der Waals surface area contributed by atoms with E-state index in [4.69, 9.17) is 5.73 Å². The second-order valence-corrected chi connectivity index (χ2v) is 5.59. The first kappa shape index (κ1) is 15.3. The van der Waals surface area contributed by atoms with Gasteiger partial charge in [0.15, 0.2) is 5.69 Å². The molecule has 0 saturated carbocycles. The summed E-state index contributed by atoms with van der Waals surface area (Å²) in [6.45, 7) is 7.89. The number of anilines is 1. The lowest BCUT2D eigenvalue weighted by Gasteiger charge is -2.35. The van der Waals surface area contributed by atoms with E-state index in [2.05, 4.69) is 10.2 Å². The Bertz CT molecular complexity index is 529. The van der Waals surface area contributed by atoms with Crippen molar-refractivity contribution in [1.29, 1.82) is 0 Å². The molecule has 1 fully saturated rings. The van der Waals surface area contributed by atoms with Gasteiger partial charge in [0, 0.05) is 32.1 Å². The van der Waals surface area contributed by atoms with Gasteiger partial charge in [-0.15, -0.1) is 0 Å². The van der Waals surface area contributed by atoms with Crippen LogP contribution in [0.3, 0.4) is 0 Å². The maximum absolute atomic E-state index is 12.4. The van der Waals surface area contributed by atoms with Gasteiger partial charge in [0.1, 0.15) is 0 Å². The molecule has 7 nitrogen and oxygen atoms in total. The highest BCUT2D eigenvalue weighted by Gasteiger charge is 2.28. The average Bonchev–Trinajstić information content (AvgIpc) is 2.86. The topological polar surface area (TPSA) is 95.3 Å². The van der Waals surface area contributed by atoms with Crippen LogP contribution in [0, 0.1) is 5.92 Å². The van der Waals surface area contributed by atoms with Gasteiger partial charge >= 0.3 is 0 Å². The molecule has 0 bridgehead atoms. The summed E-state index contributed by atoms with van der Waals surface area (Å²) < 4.78 is 0. The molecule has 1 saturated heterocycles. The smallest absolute Gasteiger partial charge is 0.276 e. The van der Waals surface area contributed by atoms with Crippen molar-refractivity contribution >= 4 is 17.5 Å². The Labute approximate surface area is 124 Å². The van der Waals surface area contributed by atoms with Crippen LogP contribution in [-0.2, 0) is 11.2 Å². The maximum Gasteiger partial charge on any atom is 0.276 e. The third-order valence-corrected chi connectivity index (χ3v) is 3.81. The SMILES string of the molecule is CCc1[nH]nc(C(=O)N2CCN(C(=O)C(C)C)CC2)c1N. The molecule has 0 unspecified atom stereocenters. The van der Waals surface area contributed by atoms with Crippen LogP contribution in [0.5, 0.6) is 0 Å². The normalized spacial score (nSPS) is 15.6. The standard InChI is InChI=1S/C14H23N5O2/c1-4-10-11(15)12(17-16-10)14(21)19-7-5-18(6-8-19)13(20)9(2)3/h9H,4-8,15H2,1-3H3,(H,16,17). The number of nitrogens with two attached hydrogens (primary N) is 1. The predicted molar refractivity (Wildman–Crippen MR) is 79.7 cm³/mol. The molecule has 21 heavy (non-hydrogen) atoms. The van der Waals surface area contributed by atoms with Crippen LogP contribution in [0.1, 0.15) is 37.0 Å². The number of H-pyrrole nitrogens is 1. The first-order valence-electron chi connectivity index (χ1n) is 7.36. The first-order valence-corrected chi connectivity index (χ1v) is 7.36. The zero-order valence-electron chi connectivity index (χ0n) is 12.8. The van der Waals surface area contributed by atoms with Crippen molar-refractivity contribution in [3.63, 3.8) is 0 Å². The Morgan fingerprint density at radius 3 is 2.29 bits per heavy atom. The molecule has 1 aromatic rings. The van der Waals surface area contributed by atoms with Crippen LogP contribution < -0.4 is 5.73 Å². The molecule has 7 heteroatoms. The highest BCUT2D eigenvalue weighted by molar-refractivity contribution is 5.97. The van der Waals surface area contributed by atoms with E-state index in [9.17, 15) is 9.59 Å². The highest BCUT2D eigenvalue weighted by atomic mass is 16.2. The fourth-order valence-corrected chi connectivity index (χ4v) is 2.46. The number of aryl methyl sites for hydroxylation is 1. The number of aromatic amines is 1. The van der Waals surface area contributed by atoms with E-state index in [1.54, 1.807) is 9.80 Å². The number of nitrogens with zero attached hydrogens (tertiary/aromatic N) is 3. The molecule has 0 spiro atoms. The largest absolute Gasteiger partial charge is 0.395 e. The van der Waals surface area contributed by atoms with Crippen LogP contribution in [-0.4, -0.2) is 58.0 Å². The van der Waals surface area contributed by atoms with Crippen molar-refractivity contribution in [2.24, 2.45) is 5.92 Å². The summed E-state index contributed by atoms with van der Waals surface area (Å²) in [4.78, 5) is 27.9. The van der Waals surface area contributed by atoms with Crippen LogP contribution >= 0.6 is 0 Å². The maximum atomic E-state index is 12.4. The summed E-state index contributed by atoms with van der Waals surface area (Å²) in [6.07, 6.45) is 0.711. The lowest BCUT2D eigenvalue weighted by atomic mass is 10.1. The second kappa shape index (κ2) is 6.15. The summed E-state index contributed by atoms with van der Waals surface area (Å²) in [7, 11) is 0. The monoisotopic (exact) mass is 293 g/mol. The van der Waals surface area contributed by atoms with Crippen LogP contribution in [0.2, 0.25) is 0 Å². The van der Waals surface area contributed by atoms with E-state index in [1.807, 2.05) is 20.8 Å². The molecule has 0 aromatic carbocycles.